The van der Waals surface area contributed by atoms with E-state index in [1.54, 1.807) is 0 Å². The Balaban J connectivity index is 1.76. The van der Waals surface area contributed by atoms with Crippen LogP contribution in [0, 0.1) is 11.6 Å². The number of amides is 1. The van der Waals surface area contributed by atoms with Gasteiger partial charge in [-0.3, -0.25) is 10.1 Å². The molecule has 0 aliphatic rings. The molecule has 0 fully saturated rings. The number of hydrogen-bond acceptors (Lipinski definition) is 5. The summed E-state index contributed by atoms with van der Waals surface area (Å²) in [5.74, 6) is -2.54. The van der Waals surface area contributed by atoms with Crippen molar-refractivity contribution < 1.29 is 22.0 Å². The zero-order valence-electron chi connectivity index (χ0n) is 13.9. The molecule has 3 rings (SSSR count). The fourth-order valence-corrected chi connectivity index (χ4v) is 3.90. The Bertz CT molecular complexity index is 1170. The SMILES string of the molecule is NS(=O)(=O)c1ccc(Cl)c(C(=O)Nc2ncc(Cc3ccc(F)c(F)c3)s2)c1. The van der Waals surface area contributed by atoms with E-state index >= 15 is 0 Å². The zero-order chi connectivity index (χ0) is 20.5. The van der Waals surface area contributed by atoms with Crippen molar-refractivity contribution in [2.24, 2.45) is 5.14 Å². The molecule has 1 amide bonds. The highest BCUT2D eigenvalue weighted by molar-refractivity contribution is 7.89. The van der Waals surface area contributed by atoms with Crippen LogP contribution in [0.15, 0.2) is 47.5 Å². The highest BCUT2D eigenvalue weighted by Gasteiger charge is 2.17. The van der Waals surface area contributed by atoms with E-state index in [9.17, 15) is 22.0 Å². The van der Waals surface area contributed by atoms with Gasteiger partial charge in [-0.1, -0.05) is 17.7 Å². The second kappa shape index (κ2) is 7.92. The van der Waals surface area contributed by atoms with E-state index in [0.29, 0.717) is 16.9 Å². The summed E-state index contributed by atoms with van der Waals surface area (Å²) in [5, 5.41) is 7.86. The molecule has 1 aromatic heterocycles. The third-order valence-electron chi connectivity index (χ3n) is 3.65. The number of sulfonamides is 1. The lowest BCUT2D eigenvalue weighted by Crippen LogP contribution is -2.16. The van der Waals surface area contributed by atoms with Crippen LogP contribution in [0.3, 0.4) is 0 Å². The van der Waals surface area contributed by atoms with Gasteiger partial charge in [0.1, 0.15) is 0 Å². The van der Waals surface area contributed by atoms with Crippen molar-refractivity contribution in [3.05, 3.63) is 75.3 Å². The molecule has 0 saturated carbocycles. The van der Waals surface area contributed by atoms with Gasteiger partial charge in [-0.2, -0.15) is 0 Å². The Morgan fingerprint density at radius 1 is 1.18 bits per heavy atom. The first-order chi connectivity index (χ1) is 13.1. The molecule has 0 bridgehead atoms. The quantitative estimate of drug-likeness (QED) is 0.629. The lowest BCUT2D eigenvalue weighted by Gasteiger charge is -2.06. The van der Waals surface area contributed by atoms with Crippen LogP contribution in [0.5, 0.6) is 0 Å². The van der Waals surface area contributed by atoms with Crippen LogP contribution in [0.4, 0.5) is 13.9 Å². The molecule has 146 valence electrons. The van der Waals surface area contributed by atoms with Crippen LogP contribution < -0.4 is 10.5 Å². The summed E-state index contributed by atoms with van der Waals surface area (Å²) in [5.41, 5.74) is 0.467. The van der Waals surface area contributed by atoms with Gasteiger partial charge in [0.25, 0.3) is 5.91 Å². The number of hydrogen-bond donors (Lipinski definition) is 2. The molecule has 0 unspecified atom stereocenters. The number of nitrogens with zero attached hydrogens (tertiary/aromatic N) is 1. The van der Waals surface area contributed by atoms with Gasteiger partial charge in [0.05, 0.1) is 15.5 Å². The van der Waals surface area contributed by atoms with Crippen LogP contribution in [0.2, 0.25) is 5.02 Å². The van der Waals surface area contributed by atoms with Crippen molar-refractivity contribution in [3.63, 3.8) is 0 Å². The van der Waals surface area contributed by atoms with E-state index in [2.05, 4.69) is 10.3 Å². The Morgan fingerprint density at radius 3 is 2.61 bits per heavy atom. The first-order valence-corrected chi connectivity index (χ1v) is 10.4. The van der Waals surface area contributed by atoms with Crippen molar-refractivity contribution >= 4 is 44.0 Å². The fraction of sp³-hybridized carbons (Fsp3) is 0.0588. The third kappa shape index (κ3) is 4.71. The molecule has 1 heterocycles. The molecule has 11 heteroatoms. The van der Waals surface area contributed by atoms with Gasteiger partial charge in [0, 0.05) is 17.5 Å². The number of carbonyl (C=O) groups excluding carboxylic acids is 1. The van der Waals surface area contributed by atoms with Gasteiger partial charge in [-0.25, -0.2) is 27.3 Å². The van der Waals surface area contributed by atoms with Crippen LogP contribution in [0.1, 0.15) is 20.8 Å². The molecule has 0 spiro atoms. The molecular formula is C17H12ClF2N3O3S2. The number of nitrogens with two attached hydrogens (primary N) is 1. The van der Waals surface area contributed by atoms with E-state index in [1.807, 2.05) is 0 Å². The van der Waals surface area contributed by atoms with Crippen LogP contribution in [0.25, 0.3) is 0 Å². The smallest absolute Gasteiger partial charge is 0.259 e. The number of halogens is 3. The normalized spacial score (nSPS) is 11.4. The first kappa shape index (κ1) is 20.3. The van der Waals surface area contributed by atoms with Crippen LogP contribution in [-0.2, 0) is 16.4 Å². The molecule has 3 aromatic rings. The Hall–Kier alpha value is -2.40. The fourth-order valence-electron chi connectivity index (χ4n) is 2.32. The summed E-state index contributed by atoms with van der Waals surface area (Å²) in [6.45, 7) is 0. The highest BCUT2D eigenvalue weighted by atomic mass is 35.5. The highest BCUT2D eigenvalue weighted by Crippen LogP contribution is 2.25. The first-order valence-electron chi connectivity index (χ1n) is 7.66. The number of rotatable bonds is 5. The summed E-state index contributed by atoms with van der Waals surface area (Å²) in [7, 11) is -3.99. The lowest BCUT2D eigenvalue weighted by molar-refractivity contribution is 0.102. The molecule has 0 aliphatic carbocycles. The number of nitrogens with one attached hydrogen (secondary N) is 1. The molecule has 0 atom stereocenters. The second-order valence-corrected chi connectivity index (χ2v) is 8.78. The summed E-state index contributed by atoms with van der Waals surface area (Å²) in [4.78, 5) is 16.9. The summed E-state index contributed by atoms with van der Waals surface area (Å²) in [6.07, 6.45) is 1.79. The van der Waals surface area contributed by atoms with Crippen LogP contribution >= 0.6 is 22.9 Å². The second-order valence-electron chi connectivity index (χ2n) is 5.70. The minimum atomic E-state index is -3.99. The van der Waals surface area contributed by atoms with Gasteiger partial charge in [-0.05, 0) is 35.9 Å². The van der Waals surface area contributed by atoms with Gasteiger partial charge in [0.15, 0.2) is 16.8 Å². The van der Waals surface area contributed by atoms with Crippen molar-refractivity contribution in [2.75, 3.05) is 5.32 Å². The molecule has 2 aromatic carbocycles. The van der Waals surface area contributed by atoms with E-state index in [4.69, 9.17) is 16.7 Å². The largest absolute Gasteiger partial charge is 0.298 e. The van der Waals surface area contributed by atoms with Crippen molar-refractivity contribution in [1.29, 1.82) is 0 Å². The maximum absolute atomic E-state index is 13.3. The lowest BCUT2D eigenvalue weighted by atomic mass is 10.1. The van der Waals surface area contributed by atoms with E-state index in [1.165, 1.54) is 24.4 Å². The third-order valence-corrected chi connectivity index (χ3v) is 5.80. The molecule has 0 saturated heterocycles. The molecule has 0 radical (unpaired) electrons. The van der Waals surface area contributed by atoms with Gasteiger partial charge < -0.3 is 0 Å². The predicted molar refractivity (Wildman–Crippen MR) is 102 cm³/mol. The Morgan fingerprint density at radius 2 is 1.93 bits per heavy atom. The number of primary sulfonamides is 1. The zero-order valence-corrected chi connectivity index (χ0v) is 16.3. The minimum absolute atomic E-state index is 0.0449. The Labute approximate surface area is 168 Å². The standard InChI is InChI=1S/C17H12ClF2N3O3S2/c18-13-3-2-11(28(21,25)26)7-12(13)16(24)23-17-22-8-10(27-17)5-9-1-4-14(19)15(20)6-9/h1-4,6-8H,5H2,(H2,21,25,26)(H,22,23,24). The molecule has 28 heavy (non-hydrogen) atoms. The topological polar surface area (TPSA) is 102 Å². The van der Waals surface area contributed by atoms with Gasteiger partial charge in [-0.15, -0.1) is 11.3 Å². The average Bonchev–Trinajstić information content (AvgIpc) is 3.04. The predicted octanol–water partition coefficient (Wildman–Crippen LogP) is 3.57. The minimum Gasteiger partial charge on any atom is -0.298 e. The van der Waals surface area contributed by atoms with Gasteiger partial charge in [0.2, 0.25) is 10.0 Å². The number of benzene rings is 2. The Kier molecular flexibility index (Phi) is 5.75. The van der Waals surface area contributed by atoms with E-state index in [-0.39, 0.29) is 20.6 Å². The van der Waals surface area contributed by atoms with Crippen molar-refractivity contribution in [3.8, 4) is 0 Å². The maximum Gasteiger partial charge on any atom is 0.259 e. The number of aromatic nitrogens is 1. The summed E-state index contributed by atoms with van der Waals surface area (Å²) in [6, 6.07) is 7.10. The molecular weight excluding hydrogens is 432 g/mol. The maximum atomic E-state index is 13.3. The number of anilines is 1. The average molecular weight is 444 g/mol. The molecule has 0 aliphatic heterocycles. The van der Waals surface area contributed by atoms with E-state index in [0.717, 1.165) is 29.5 Å². The monoisotopic (exact) mass is 443 g/mol. The molecule has 6 nitrogen and oxygen atoms in total. The van der Waals surface area contributed by atoms with Crippen molar-refractivity contribution in [1.82, 2.24) is 4.98 Å². The summed E-state index contributed by atoms with van der Waals surface area (Å²) >= 11 is 7.10. The number of carbonyl (C=O) groups is 1. The van der Waals surface area contributed by atoms with E-state index < -0.39 is 27.6 Å². The molecule has 3 N–H and O–H groups in total. The van der Waals surface area contributed by atoms with Crippen LogP contribution in [-0.4, -0.2) is 19.3 Å². The van der Waals surface area contributed by atoms with Gasteiger partial charge >= 0.3 is 0 Å². The van der Waals surface area contributed by atoms with Crippen molar-refractivity contribution in [2.45, 2.75) is 11.3 Å². The number of thiazole rings is 1. The summed E-state index contributed by atoms with van der Waals surface area (Å²) < 4.78 is 49.2.